The summed E-state index contributed by atoms with van der Waals surface area (Å²) < 4.78 is 6.23. The van der Waals surface area contributed by atoms with Crippen molar-refractivity contribution in [2.75, 3.05) is 6.61 Å². The van der Waals surface area contributed by atoms with E-state index in [4.69, 9.17) is 4.74 Å². The van der Waals surface area contributed by atoms with Gasteiger partial charge in [-0.1, -0.05) is 25.5 Å². The van der Waals surface area contributed by atoms with E-state index in [1.54, 1.807) is 0 Å². The lowest BCUT2D eigenvalue weighted by Gasteiger charge is -2.45. The second kappa shape index (κ2) is 3.45. The molecule has 3 nitrogen and oxygen atoms in total. The summed E-state index contributed by atoms with van der Waals surface area (Å²) in [4.78, 5) is 11.9. The van der Waals surface area contributed by atoms with E-state index in [-0.39, 0.29) is 29.3 Å². The maximum atomic E-state index is 11.9. The second-order valence-corrected chi connectivity index (χ2v) is 6.85. The Kier molecular flexibility index (Phi) is 2.37. The molecule has 3 heteroatoms. The zero-order valence-electron chi connectivity index (χ0n) is 11.5. The van der Waals surface area contributed by atoms with E-state index in [2.05, 4.69) is 26.8 Å². The number of hydrogen-bond acceptors (Lipinski definition) is 3. The number of ether oxygens (including phenoxy) is 1. The van der Waals surface area contributed by atoms with Gasteiger partial charge in [-0.15, -0.1) is 0 Å². The van der Waals surface area contributed by atoms with Crippen molar-refractivity contribution >= 4 is 5.78 Å². The van der Waals surface area contributed by atoms with Gasteiger partial charge in [0.1, 0.15) is 11.4 Å². The Bertz CT molecular complexity index is 441. The van der Waals surface area contributed by atoms with Crippen LogP contribution in [0, 0.1) is 10.8 Å². The molecule has 0 radical (unpaired) electrons. The number of rotatable bonds is 1. The standard InChI is InChI=1S/C15H22O3/c1-10-4-5-13(2)12(6-10)18-15(9-16)8-11(17)7-14(13,15)3/h6,12,16H,4-5,7-9H2,1-3H3/t12-,13-,14+,15-/m0/s1. The molecule has 0 aromatic carbocycles. The average Bonchev–Trinajstić information content (AvgIpc) is 2.65. The van der Waals surface area contributed by atoms with Crippen molar-refractivity contribution in [2.24, 2.45) is 10.8 Å². The van der Waals surface area contributed by atoms with Crippen molar-refractivity contribution in [3.05, 3.63) is 11.6 Å². The summed E-state index contributed by atoms with van der Waals surface area (Å²) in [5.41, 5.74) is 0.458. The molecule has 4 atom stereocenters. The van der Waals surface area contributed by atoms with Gasteiger partial charge in [0.05, 0.1) is 12.7 Å². The molecule has 0 bridgehead atoms. The van der Waals surface area contributed by atoms with Crippen LogP contribution in [0.5, 0.6) is 0 Å². The molecule has 100 valence electrons. The van der Waals surface area contributed by atoms with E-state index in [1.165, 1.54) is 5.57 Å². The predicted molar refractivity (Wildman–Crippen MR) is 68.1 cm³/mol. The smallest absolute Gasteiger partial charge is 0.136 e. The zero-order chi connectivity index (χ0) is 13.2. The molecule has 0 unspecified atom stereocenters. The fourth-order valence-corrected chi connectivity index (χ4v) is 4.41. The van der Waals surface area contributed by atoms with Gasteiger partial charge in [0, 0.05) is 23.7 Å². The molecule has 1 N–H and O–H groups in total. The third kappa shape index (κ3) is 1.19. The van der Waals surface area contributed by atoms with Crippen LogP contribution in [0.15, 0.2) is 11.6 Å². The van der Waals surface area contributed by atoms with E-state index >= 15 is 0 Å². The van der Waals surface area contributed by atoms with Crippen LogP contribution in [0.2, 0.25) is 0 Å². The van der Waals surface area contributed by atoms with Crippen LogP contribution < -0.4 is 0 Å². The van der Waals surface area contributed by atoms with Gasteiger partial charge in [0.15, 0.2) is 0 Å². The molecule has 0 amide bonds. The number of aliphatic hydroxyl groups is 1. The Labute approximate surface area is 108 Å². The quantitative estimate of drug-likeness (QED) is 0.726. The van der Waals surface area contributed by atoms with Gasteiger partial charge < -0.3 is 9.84 Å². The average molecular weight is 250 g/mol. The van der Waals surface area contributed by atoms with Crippen LogP contribution in [0.1, 0.15) is 46.5 Å². The molecule has 1 saturated heterocycles. The fourth-order valence-electron chi connectivity index (χ4n) is 4.41. The Hall–Kier alpha value is -0.670. The van der Waals surface area contributed by atoms with E-state index < -0.39 is 5.60 Å². The minimum absolute atomic E-state index is 0.0264. The summed E-state index contributed by atoms with van der Waals surface area (Å²) in [5.74, 6) is 0.234. The number of hydrogen-bond donors (Lipinski definition) is 1. The van der Waals surface area contributed by atoms with Crippen LogP contribution >= 0.6 is 0 Å². The lowest BCUT2D eigenvalue weighted by molar-refractivity contribution is -0.123. The van der Waals surface area contributed by atoms with Crippen molar-refractivity contribution in [3.8, 4) is 0 Å². The van der Waals surface area contributed by atoms with Crippen LogP contribution in [0.25, 0.3) is 0 Å². The van der Waals surface area contributed by atoms with Crippen molar-refractivity contribution in [3.63, 3.8) is 0 Å². The largest absolute Gasteiger partial charge is 0.393 e. The molecule has 2 aliphatic carbocycles. The van der Waals surface area contributed by atoms with Crippen LogP contribution in [0.3, 0.4) is 0 Å². The number of aliphatic hydroxyl groups excluding tert-OH is 1. The van der Waals surface area contributed by atoms with E-state index in [9.17, 15) is 9.90 Å². The van der Waals surface area contributed by atoms with Crippen LogP contribution in [-0.4, -0.2) is 29.2 Å². The van der Waals surface area contributed by atoms with Crippen molar-refractivity contribution < 1.29 is 14.6 Å². The Morgan fingerprint density at radius 1 is 1.44 bits per heavy atom. The number of allylic oxidation sites excluding steroid dienone is 1. The lowest BCUT2D eigenvalue weighted by Crippen LogP contribution is -2.49. The first-order chi connectivity index (χ1) is 8.37. The molecular formula is C15H22O3. The number of Topliss-reactive ketones (excluding diaryl/α,β-unsaturated/α-hetero) is 1. The maximum Gasteiger partial charge on any atom is 0.136 e. The third-order valence-corrected chi connectivity index (χ3v) is 6.01. The van der Waals surface area contributed by atoms with Gasteiger partial charge in [-0.3, -0.25) is 4.79 Å². The molecule has 3 rings (SSSR count). The molecule has 1 heterocycles. The fraction of sp³-hybridized carbons (Fsp3) is 0.800. The van der Waals surface area contributed by atoms with Gasteiger partial charge in [-0.25, -0.2) is 0 Å². The first-order valence-electron chi connectivity index (χ1n) is 6.85. The van der Waals surface area contributed by atoms with Gasteiger partial charge in [0.2, 0.25) is 0 Å². The number of carbonyl (C=O) groups excluding carboxylic acids is 1. The first kappa shape index (κ1) is 12.4. The van der Waals surface area contributed by atoms with Gasteiger partial charge >= 0.3 is 0 Å². The SMILES string of the molecule is CC1=C[C@@H]2O[C@]3(CO)CC(=O)C[C@]3(C)[C@@]2(C)CC1. The van der Waals surface area contributed by atoms with E-state index in [1.807, 2.05) is 0 Å². The molecule has 18 heavy (non-hydrogen) atoms. The summed E-state index contributed by atoms with van der Waals surface area (Å²) in [7, 11) is 0. The van der Waals surface area contributed by atoms with Crippen molar-refractivity contribution in [1.29, 1.82) is 0 Å². The van der Waals surface area contributed by atoms with E-state index in [0.29, 0.717) is 12.8 Å². The maximum absolute atomic E-state index is 11.9. The Morgan fingerprint density at radius 2 is 2.17 bits per heavy atom. The molecule has 3 aliphatic rings. The number of fused-ring (bicyclic) bond motifs is 3. The highest BCUT2D eigenvalue weighted by Gasteiger charge is 2.71. The van der Waals surface area contributed by atoms with Crippen molar-refractivity contribution in [1.82, 2.24) is 0 Å². The molecule has 2 fully saturated rings. The highest BCUT2D eigenvalue weighted by Crippen LogP contribution is 2.67. The molecule has 1 saturated carbocycles. The minimum Gasteiger partial charge on any atom is -0.393 e. The molecule has 0 spiro atoms. The number of carbonyl (C=O) groups is 1. The molecule has 1 aliphatic heterocycles. The van der Waals surface area contributed by atoms with Gasteiger partial charge in [0.25, 0.3) is 0 Å². The zero-order valence-corrected chi connectivity index (χ0v) is 11.5. The molecular weight excluding hydrogens is 228 g/mol. The Balaban J connectivity index is 2.11. The summed E-state index contributed by atoms with van der Waals surface area (Å²) in [6.45, 7) is 6.46. The van der Waals surface area contributed by atoms with Crippen LogP contribution in [-0.2, 0) is 9.53 Å². The number of ketones is 1. The topological polar surface area (TPSA) is 46.5 Å². The summed E-state index contributed by atoms with van der Waals surface area (Å²) >= 11 is 0. The van der Waals surface area contributed by atoms with E-state index in [0.717, 1.165) is 12.8 Å². The second-order valence-electron chi connectivity index (χ2n) is 6.85. The summed E-state index contributed by atoms with van der Waals surface area (Å²) in [5, 5.41) is 9.84. The van der Waals surface area contributed by atoms with Crippen molar-refractivity contribution in [2.45, 2.75) is 58.2 Å². The third-order valence-electron chi connectivity index (χ3n) is 6.01. The normalized spacial score (nSPS) is 51.0. The highest BCUT2D eigenvalue weighted by atomic mass is 16.5. The molecule has 0 aromatic rings. The highest BCUT2D eigenvalue weighted by molar-refractivity contribution is 5.84. The summed E-state index contributed by atoms with van der Waals surface area (Å²) in [6.07, 6.45) is 5.30. The molecule has 0 aromatic heterocycles. The van der Waals surface area contributed by atoms with Gasteiger partial charge in [-0.2, -0.15) is 0 Å². The van der Waals surface area contributed by atoms with Crippen LogP contribution in [0.4, 0.5) is 0 Å². The monoisotopic (exact) mass is 250 g/mol. The van der Waals surface area contributed by atoms with Gasteiger partial charge in [-0.05, 0) is 19.8 Å². The summed E-state index contributed by atoms with van der Waals surface area (Å²) in [6, 6.07) is 0. The Morgan fingerprint density at radius 3 is 2.83 bits per heavy atom. The lowest BCUT2D eigenvalue weighted by atomic mass is 9.55. The predicted octanol–water partition coefficient (Wildman–Crippen LogP) is 2.23. The minimum atomic E-state index is -0.648. The first-order valence-corrected chi connectivity index (χ1v) is 6.85.